The standard InChI is InChI=1S/C14H22FN3O/c1-17-7-8-18(2)11(9-17)14(16)10-5-4-6-12(19-3)13(10)15/h4-6,11,14H,7-9,16H2,1-3H3. The number of methoxy groups -OCH3 is 1. The second-order valence-electron chi connectivity index (χ2n) is 5.20. The van der Waals surface area contributed by atoms with Gasteiger partial charge in [0, 0.05) is 37.3 Å². The first kappa shape index (κ1) is 14.2. The van der Waals surface area contributed by atoms with Gasteiger partial charge in [0.05, 0.1) is 7.11 Å². The summed E-state index contributed by atoms with van der Waals surface area (Å²) < 4.78 is 19.3. The number of piperazine rings is 1. The minimum Gasteiger partial charge on any atom is -0.494 e. The molecule has 4 nitrogen and oxygen atoms in total. The van der Waals surface area contributed by atoms with Crippen molar-refractivity contribution in [1.82, 2.24) is 9.80 Å². The van der Waals surface area contributed by atoms with Crippen LogP contribution in [0.25, 0.3) is 0 Å². The molecular weight excluding hydrogens is 245 g/mol. The molecule has 1 heterocycles. The van der Waals surface area contributed by atoms with E-state index in [9.17, 15) is 4.39 Å². The molecule has 0 aliphatic carbocycles. The first-order valence-corrected chi connectivity index (χ1v) is 6.51. The van der Waals surface area contributed by atoms with E-state index in [0.717, 1.165) is 19.6 Å². The Balaban J connectivity index is 2.25. The number of nitrogens with two attached hydrogens (primary N) is 1. The zero-order valence-electron chi connectivity index (χ0n) is 11.8. The lowest BCUT2D eigenvalue weighted by molar-refractivity contribution is 0.0964. The molecule has 1 aliphatic heterocycles. The van der Waals surface area contributed by atoms with E-state index in [-0.39, 0.29) is 23.7 Å². The normalized spacial score (nSPS) is 23.3. The summed E-state index contributed by atoms with van der Waals surface area (Å²) in [6.07, 6.45) is 0. The van der Waals surface area contributed by atoms with Gasteiger partial charge in [-0.2, -0.15) is 0 Å². The Morgan fingerprint density at radius 2 is 2.11 bits per heavy atom. The molecule has 2 N–H and O–H groups in total. The summed E-state index contributed by atoms with van der Waals surface area (Å²) in [6.45, 7) is 2.80. The van der Waals surface area contributed by atoms with Crippen LogP contribution in [-0.2, 0) is 0 Å². The van der Waals surface area contributed by atoms with Gasteiger partial charge in [0.15, 0.2) is 11.6 Å². The zero-order valence-corrected chi connectivity index (χ0v) is 11.8. The summed E-state index contributed by atoms with van der Waals surface area (Å²) in [5.41, 5.74) is 6.80. The van der Waals surface area contributed by atoms with Crippen molar-refractivity contribution in [2.24, 2.45) is 5.73 Å². The predicted molar refractivity (Wildman–Crippen MR) is 73.8 cm³/mol. The fourth-order valence-corrected chi connectivity index (χ4v) is 2.58. The summed E-state index contributed by atoms with van der Waals surface area (Å²) in [7, 11) is 5.57. The molecule has 1 aliphatic rings. The van der Waals surface area contributed by atoms with Crippen LogP contribution in [0.3, 0.4) is 0 Å². The van der Waals surface area contributed by atoms with Gasteiger partial charge in [-0.3, -0.25) is 4.90 Å². The van der Waals surface area contributed by atoms with Crippen LogP contribution < -0.4 is 10.5 Å². The summed E-state index contributed by atoms with van der Waals surface area (Å²) in [6, 6.07) is 4.89. The van der Waals surface area contributed by atoms with Crippen LogP contribution >= 0.6 is 0 Å². The number of hydrogen-bond acceptors (Lipinski definition) is 4. The van der Waals surface area contributed by atoms with Crippen molar-refractivity contribution in [2.75, 3.05) is 40.8 Å². The Bertz CT molecular complexity index is 441. The SMILES string of the molecule is COc1cccc(C(N)C2CN(C)CCN2C)c1F. The third-order valence-electron chi connectivity index (χ3n) is 3.89. The zero-order chi connectivity index (χ0) is 14.0. The number of likely N-dealkylation sites (N-methyl/N-ethyl adjacent to an activating group) is 2. The van der Waals surface area contributed by atoms with Crippen LogP contribution in [0.5, 0.6) is 5.75 Å². The van der Waals surface area contributed by atoms with Gasteiger partial charge in [0.1, 0.15) is 0 Å². The number of halogens is 1. The average molecular weight is 267 g/mol. The van der Waals surface area contributed by atoms with E-state index >= 15 is 0 Å². The average Bonchev–Trinajstić information content (AvgIpc) is 2.41. The molecule has 1 aromatic carbocycles. The molecule has 0 aromatic heterocycles. The van der Waals surface area contributed by atoms with Gasteiger partial charge in [0.25, 0.3) is 0 Å². The van der Waals surface area contributed by atoms with E-state index in [4.69, 9.17) is 10.5 Å². The maximum atomic E-state index is 14.3. The summed E-state index contributed by atoms with van der Waals surface area (Å²) in [4.78, 5) is 4.42. The molecule has 0 spiro atoms. The second-order valence-corrected chi connectivity index (χ2v) is 5.20. The molecule has 106 valence electrons. The molecule has 2 rings (SSSR count). The third-order valence-corrected chi connectivity index (χ3v) is 3.89. The molecule has 2 unspecified atom stereocenters. The van der Waals surface area contributed by atoms with Crippen molar-refractivity contribution in [3.8, 4) is 5.75 Å². The van der Waals surface area contributed by atoms with Crippen LogP contribution in [0.4, 0.5) is 4.39 Å². The summed E-state index contributed by atoms with van der Waals surface area (Å²) in [5.74, 6) is -0.0982. The van der Waals surface area contributed by atoms with Crippen LogP contribution in [0.2, 0.25) is 0 Å². The highest BCUT2D eigenvalue weighted by Gasteiger charge is 2.30. The van der Waals surface area contributed by atoms with Crippen molar-refractivity contribution in [1.29, 1.82) is 0 Å². The molecule has 19 heavy (non-hydrogen) atoms. The number of nitrogens with zero attached hydrogens (tertiary/aromatic N) is 2. The van der Waals surface area contributed by atoms with Gasteiger partial charge in [-0.05, 0) is 20.2 Å². The van der Waals surface area contributed by atoms with Crippen LogP contribution in [-0.4, -0.2) is 56.7 Å². The van der Waals surface area contributed by atoms with Crippen molar-refractivity contribution in [3.63, 3.8) is 0 Å². The quantitative estimate of drug-likeness (QED) is 0.890. The third kappa shape index (κ3) is 2.88. The van der Waals surface area contributed by atoms with E-state index in [1.165, 1.54) is 7.11 Å². The molecule has 1 aromatic rings. The lowest BCUT2D eigenvalue weighted by atomic mass is 9.96. The van der Waals surface area contributed by atoms with Crippen molar-refractivity contribution in [2.45, 2.75) is 12.1 Å². The highest BCUT2D eigenvalue weighted by molar-refractivity contribution is 5.33. The number of ether oxygens (including phenoxy) is 1. The van der Waals surface area contributed by atoms with Crippen molar-refractivity contribution in [3.05, 3.63) is 29.6 Å². The highest BCUT2D eigenvalue weighted by Crippen LogP contribution is 2.28. The van der Waals surface area contributed by atoms with Gasteiger partial charge in [-0.15, -0.1) is 0 Å². The minimum absolute atomic E-state index is 0.111. The molecule has 0 radical (unpaired) electrons. The topological polar surface area (TPSA) is 41.7 Å². The Labute approximate surface area is 113 Å². The largest absolute Gasteiger partial charge is 0.494 e. The van der Waals surface area contributed by atoms with Gasteiger partial charge >= 0.3 is 0 Å². The molecule has 0 saturated carbocycles. The number of benzene rings is 1. The summed E-state index contributed by atoms with van der Waals surface area (Å²) >= 11 is 0. The van der Waals surface area contributed by atoms with Gasteiger partial charge in [-0.1, -0.05) is 12.1 Å². The Kier molecular flexibility index (Phi) is 4.39. The van der Waals surface area contributed by atoms with Gasteiger partial charge in [0.2, 0.25) is 0 Å². The Morgan fingerprint density at radius 3 is 2.79 bits per heavy atom. The smallest absolute Gasteiger partial charge is 0.169 e. The maximum Gasteiger partial charge on any atom is 0.169 e. The fraction of sp³-hybridized carbons (Fsp3) is 0.571. The van der Waals surface area contributed by atoms with Crippen LogP contribution in [0.15, 0.2) is 18.2 Å². The number of hydrogen-bond donors (Lipinski definition) is 1. The molecule has 0 bridgehead atoms. The van der Waals surface area contributed by atoms with Crippen LogP contribution in [0, 0.1) is 5.82 Å². The molecule has 1 fully saturated rings. The van der Waals surface area contributed by atoms with E-state index in [1.54, 1.807) is 18.2 Å². The molecule has 2 atom stereocenters. The predicted octanol–water partition coefficient (Wildman–Crippen LogP) is 1.08. The van der Waals surface area contributed by atoms with Gasteiger partial charge < -0.3 is 15.4 Å². The maximum absolute atomic E-state index is 14.3. The van der Waals surface area contributed by atoms with E-state index in [2.05, 4.69) is 16.8 Å². The molecular formula is C14H22FN3O. The van der Waals surface area contributed by atoms with E-state index in [1.807, 2.05) is 7.05 Å². The Morgan fingerprint density at radius 1 is 1.37 bits per heavy atom. The molecule has 1 saturated heterocycles. The summed E-state index contributed by atoms with van der Waals surface area (Å²) in [5, 5.41) is 0. The highest BCUT2D eigenvalue weighted by atomic mass is 19.1. The monoisotopic (exact) mass is 267 g/mol. The fourth-order valence-electron chi connectivity index (χ4n) is 2.58. The van der Waals surface area contributed by atoms with Crippen molar-refractivity contribution >= 4 is 0 Å². The number of rotatable bonds is 3. The second kappa shape index (κ2) is 5.86. The molecule has 5 heteroatoms. The first-order valence-electron chi connectivity index (χ1n) is 6.51. The van der Waals surface area contributed by atoms with E-state index < -0.39 is 0 Å². The lowest BCUT2D eigenvalue weighted by Crippen LogP contribution is -2.54. The minimum atomic E-state index is -0.358. The Hall–Kier alpha value is -1.17. The van der Waals surface area contributed by atoms with Crippen LogP contribution in [0.1, 0.15) is 11.6 Å². The van der Waals surface area contributed by atoms with Crippen molar-refractivity contribution < 1.29 is 9.13 Å². The van der Waals surface area contributed by atoms with E-state index in [0.29, 0.717) is 5.56 Å². The lowest BCUT2D eigenvalue weighted by Gasteiger charge is -2.40. The molecule has 0 amide bonds. The van der Waals surface area contributed by atoms with Gasteiger partial charge in [-0.25, -0.2) is 4.39 Å². The first-order chi connectivity index (χ1) is 9.04.